The van der Waals surface area contributed by atoms with Crippen molar-refractivity contribution in [2.24, 2.45) is 5.73 Å². The molecule has 1 amide bonds. The van der Waals surface area contributed by atoms with Crippen molar-refractivity contribution in [2.45, 2.75) is 0 Å². The van der Waals surface area contributed by atoms with E-state index in [-0.39, 0.29) is 10.9 Å². The van der Waals surface area contributed by atoms with E-state index in [1.165, 1.54) is 12.1 Å². The number of rotatable bonds is 4. The second-order valence-corrected chi connectivity index (χ2v) is 3.50. The van der Waals surface area contributed by atoms with Gasteiger partial charge in [-0.05, 0) is 6.07 Å². The van der Waals surface area contributed by atoms with Gasteiger partial charge in [0.1, 0.15) is 0 Å². The Hall–Kier alpha value is -1.47. The molecule has 0 saturated heterocycles. The van der Waals surface area contributed by atoms with Gasteiger partial charge in [-0.25, -0.2) is 0 Å². The summed E-state index contributed by atoms with van der Waals surface area (Å²) < 4.78 is 0. The third-order valence-electron chi connectivity index (χ3n) is 1.43. The molecule has 0 fully saturated rings. The third-order valence-corrected chi connectivity index (χ3v) is 2.46. The number of nitrogens with zero attached hydrogens (tertiary/aromatic N) is 1. The van der Waals surface area contributed by atoms with Crippen molar-refractivity contribution >= 4 is 22.2 Å². The molecule has 1 aromatic heterocycles. The maximum atomic E-state index is 11.3. The summed E-state index contributed by atoms with van der Waals surface area (Å²) in [6.45, 7) is 0.712. The van der Waals surface area contributed by atoms with Gasteiger partial charge in [-0.2, -0.15) is 0 Å². The van der Waals surface area contributed by atoms with Crippen LogP contribution in [0.2, 0.25) is 0 Å². The van der Waals surface area contributed by atoms with E-state index in [0.29, 0.717) is 18.0 Å². The molecule has 0 aromatic carbocycles. The summed E-state index contributed by atoms with van der Waals surface area (Å²) in [5.41, 5.74) is 5.19. The van der Waals surface area contributed by atoms with Gasteiger partial charge < -0.3 is 11.1 Å². The lowest BCUT2D eigenvalue weighted by molar-refractivity contribution is -0.380. The molecule has 0 saturated carbocycles. The Balaban J connectivity index is 2.66. The summed E-state index contributed by atoms with van der Waals surface area (Å²) in [6, 6.07) is 2.73. The van der Waals surface area contributed by atoms with Crippen LogP contribution in [0.3, 0.4) is 0 Å². The molecule has 1 aromatic rings. The first kappa shape index (κ1) is 10.6. The van der Waals surface area contributed by atoms with E-state index in [1.54, 1.807) is 0 Å². The molecule has 3 N–H and O–H groups in total. The topological polar surface area (TPSA) is 98.3 Å². The molecule has 76 valence electrons. The van der Waals surface area contributed by atoms with E-state index in [1.807, 2.05) is 0 Å². The number of thiophene rings is 1. The van der Waals surface area contributed by atoms with Crippen molar-refractivity contribution in [2.75, 3.05) is 13.1 Å². The summed E-state index contributed by atoms with van der Waals surface area (Å²) in [7, 11) is 0. The summed E-state index contributed by atoms with van der Waals surface area (Å²) >= 11 is 0.848. The molecule has 0 spiro atoms. The standard InChI is InChI=1S/C7H9N3O3S/c8-3-4-9-7(11)5-1-2-6(14-5)10(12)13/h1-2H,3-4,8H2,(H,9,11). The third kappa shape index (κ3) is 2.51. The van der Waals surface area contributed by atoms with E-state index in [2.05, 4.69) is 5.32 Å². The van der Waals surface area contributed by atoms with Crippen LogP contribution in [-0.2, 0) is 0 Å². The molecule has 0 aliphatic heterocycles. The molecule has 0 radical (unpaired) electrons. The van der Waals surface area contributed by atoms with Crippen LogP contribution < -0.4 is 11.1 Å². The minimum absolute atomic E-state index is 0.0390. The highest BCUT2D eigenvalue weighted by atomic mass is 32.1. The highest BCUT2D eigenvalue weighted by Crippen LogP contribution is 2.23. The lowest BCUT2D eigenvalue weighted by Crippen LogP contribution is -2.28. The average Bonchev–Trinajstić information content (AvgIpc) is 2.62. The summed E-state index contributed by atoms with van der Waals surface area (Å²) in [4.78, 5) is 21.4. The summed E-state index contributed by atoms with van der Waals surface area (Å²) in [5.74, 6) is -0.325. The Morgan fingerprint density at radius 1 is 1.64 bits per heavy atom. The lowest BCUT2D eigenvalue weighted by atomic mass is 10.4. The Bertz CT molecular complexity index is 350. The largest absolute Gasteiger partial charge is 0.350 e. The van der Waals surface area contributed by atoms with Crippen LogP contribution in [0.15, 0.2) is 12.1 Å². The molecule has 0 aliphatic carbocycles. The van der Waals surface area contributed by atoms with Crippen molar-refractivity contribution in [1.29, 1.82) is 0 Å². The van der Waals surface area contributed by atoms with Gasteiger partial charge in [-0.3, -0.25) is 14.9 Å². The summed E-state index contributed by atoms with van der Waals surface area (Å²) in [6.07, 6.45) is 0. The lowest BCUT2D eigenvalue weighted by Gasteiger charge is -1.98. The quantitative estimate of drug-likeness (QED) is 0.559. The zero-order valence-corrected chi connectivity index (χ0v) is 8.04. The van der Waals surface area contributed by atoms with E-state index in [0.717, 1.165) is 11.3 Å². The van der Waals surface area contributed by atoms with Gasteiger partial charge in [0.2, 0.25) is 0 Å². The van der Waals surface area contributed by atoms with Gasteiger partial charge in [0.25, 0.3) is 5.91 Å². The number of nitrogens with one attached hydrogen (secondary N) is 1. The van der Waals surface area contributed by atoms with Crippen LogP contribution in [0.25, 0.3) is 0 Å². The molecular weight excluding hydrogens is 206 g/mol. The second kappa shape index (κ2) is 4.68. The molecule has 1 rings (SSSR count). The van der Waals surface area contributed by atoms with Crippen LogP contribution in [0.5, 0.6) is 0 Å². The molecule has 0 aliphatic rings. The first-order valence-corrected chi connectivity index (χ1v) is 4.69. The van der Waals surface area contributed by atoms with E-state index in [9.17, 15) is 14.9 Å². The number of carbonyl (C=O) groups is 1. The summed E-state index contributed by atoms with van der Waals surface area (Å²) in [5, 5.41) is 12.8. The second-order valence-electron chi connectivity index (χ2n) is 2.44. The van der Waals surface area contributed by atoms with Crippen molar-refractivity contribution in [1.82, 2.24) is 5.32 Å². The van der Waals surface area contributed by atoms with Gasteiger partial charge in [0.05, 0.1) is 9.80 Å². The number of nitro groups is 1. The molecule has 0 bridgehead atoms. The number of carbonyl (C=O) groups excluding carboxylic acids is 1. The number of amides is 1. The molecule has 7 heteroatoms. The van der Waals surface area contributed by atoms with Crippen LogP contribution in [-0.4, -0.2) is 23.9 Å². The molecule has 0 atom stereocenters. The van der Waals surface area contributed by atoms with Crippen LogP contribution in [0.4, 0.5) is 5.00 Å². The molecule has 1 heterocycles. The fraction of sp³-hybridized carbons (Fsp3) is 0.286. The first-order chi connectivity index (χ1) is 6.65. The van der Waals surface area contributed by atoms with Gasteiger partial charge in [-0.1, -0.05) is 11.3 Å². The zero-order chi connectivity index (χ0) is 10.6. The SMILES string of the molecule is NCCNC(=O)c1ccc([N+](=O)[O-])s1. The maximum Gasteiger partial charge on any atom is 0.324 e. The Morgan fingerprint density at radius 2 is 2.36 bits per heavy atom. The van der Waals surface area contributed by atoms with Crippen molar-refractivity contribution in [3.8, 4) is 0 Å². The molecule has 0 unspecified atom stereocenters. The maximum absolute atomic E-state index is 11.3. The first-order valence-electron chi connectivity index (χ1n) is 3.87. The Morgan fingerprint density at radius 3 is 2.86 bits per heavy atom. The van der Waals surface area contributed by atoms with Crippen molar-refractivity contribution in [3.63, 3.8) is 0 Å². The smallest absolute Gasteiger partial charge is 0.324 e. The number of nitrogens with two attached hydrogens (primary N) is 1. The Kier molecular flexibility index (Phi) is 3.55. The normalized spacial score (nSPS) is 9.79. The van der Waals surface area contributed by atoms with Gasteiger partial charge in [0.15, 0.2) is 0 Å². The van der Waals surface area contributed by atoms with Gasteiger partial charge in [0, 0.05) is 19.2 Å². The van der Waals surface area contributed by atoms with E-state index >= 15 is 0 Å². The average molecular weight is 215 g/mol. The van der Waals surface area contributed by atoms with Gasteiger partial charge in [-0.15, -0.1) is 0 Å². The monoisotopic (exact) mass is 215 g/mol. The fourth-order valence-electron chi connectivity index (χ4n) is 0.821. The minimum atomic E-state index is -0.523. The number of hydrogen-bond donors (Lipinski definition) is 2. The molecule has 6 nitrogen and oxygen atoms in total. The van der Waals surface area contributed by atoms with Crippen LogP contribution in [0.1, 0.15) is 9.67 Å². The van der Waals surface area contributed by atoms with E-state index in [4.69, 9.17) is 5.73 Å². The van der Waals surface area contributed by atoms with Crippen LogP contribution >= 0.6 is 11.3 Å². The fourth-order valence-corrected chi connectivity index (χ4v) is 1.56. The molecule has 14 heavy (non-hydrogen) atoms. The predicted molar refractivity (Wildman–Crippen MR) is 52.4 cm³/mol. The zero-order valence-electron chi connectivity index (χ0n) is 7.23. The van der Waals surface area contributed by atoms with E-state index < -0.39 is 4.92 Å². The Labute approximate surface area is 83.9 Å². The van der Waals surface area contributed by atoms with Gasteiger partial charge >= 0.3 is 5.00 Å². The highest BCUT2D eigenvalue weighted by Gasteiger charge is 2.14. The minimum Gasteiger partial charge on any atom is -0.350 e. The highest BCUT2D eigenvalue weighted by molar-refractivity contribution is 7.17. The van der Waals surface area contributed by atoms with Crippen LogP contribution in [0, 0.1) is 10.1 Å². The van der Waals surface area contributed by atoms with Crippen molar-refractivity contribution < 1.29 is 9.72 Å². The van der Waals surface area contributed by atoms with Crippen molar-refractivity contribution in [3.05, 3.63) is 27.1 Å². The molecular formula is C7H9N3O3S. The number of hydrogen-bond acceptors (Lipinski definition) is 5. The predicted octanol–water partition coefficient (Wildman–Crippen LogP) is 0.345.